The Morgan fingerprint density at radius 1 is 0.900 bits per heavy atom. The molecule has 3 aromatic carbocycles. The maximum Gasteiger partial charge on any atom is 0.283 e. The number of amidine groups is 2. The van der Waals surface area contributed by atoms with E-state index < -0.39 is 5.91 Å². The summed E-state index contributed by atoms with van der Waals surface area (Å²) < 4.78 is 17.3. The van der Waals surface area contributed by atoms with Crippen molar-refractivity contribution in [1.82, 2.24) is 5.01 Å². The number of fused-ring (bicyclic) bond motifs is 1. The molecule has 2 aliphatic rings. The highest BCUT2D eigenvalue weighted by Crippen LogP contribution is 2.29. The second-order valence-corrected chi connectivity index (χ2v) is 10.3. The third kappa shape index (κ3) is 6.60. The Labute approximate surface area is 237 Å². The summed E-state index contributed by atoms with van der Waals surface area (Å²) in [4.78, 5) is 16.8. The van der Waals surface area contributed by atoms with Crippen LogP contribution in [0.4, 0.5) is 0 Å². The Morgan fingerprint density at radius 3 is 2.17 bits per heavy atom. The first-order valence-electron chi connectivity index (χ1n) is 13.1. The van der Waals surface area contributed by atoms with Gasteiger partial charge in [-0.05, 0) is 77.7 Å². The SMILES string of the molecule is CC[C@@H](C)c1ccc(OCCOc2ccc(/C=C3/C(=N)N4N=C(COc5ccccc5)SC4=NC3=O)cc2)cc1. The molecule has 1 N–H and O–H groups in total. The van der Waals surface area contributed by atoms with E-state index in [4.69, 9.17) is 19.6 Å². The van der Waals surface area contributed by atoms with Gasteiger partial charge in [0.2, 0.25) is 5.17 Å². The number of carbonyl (C=O) groups excluding carboxylic acids is 1. The maximum absolute atomic E-state index is 12.7. The first kappa shape index (κ1) is 27.2. The maximum atomic E-state index is 12.7. The average Bonchev–Trinajstić information content (AvgIpc) is 3.40. The predicted octanol–water partition coefficient (Wildman–Crippen LogP) is 6.36. The van der Waals surface area contributed by atoms with Crippen molar-refractivity contribution in [3.05, 3.63) is 95.6 Å². The van der Waals surface area contributed by atoms with Crippen molar-refractivity contribution in [3.63, 3.8) is 0 Å². The van der Waals surface area contributed by atoms with Gasteiger partial charge in [-0.15, -0.1) is 0 Å². The van der Waals surface area contributed by atoms with Crippen LogP contribution >= 0.6 is 11.8 Å². The fraction of sp³-hybridized carbons (Fsp3) is 0.226. The van der Waals surface area contributed by atoms with Gasteiger partial charge >= 0.3 is 0 Å². The van der Waals surface area contributed by atoms with Crippen molar-refractivity contribution >= 4 is 39.8 Å². The molecule has 1 atom stereocenters. The molecule has 9 heteroatoms. The third-order valence-corrected chi connectivity index (χ3v) is 7.36. The molecule has 0 saturated carbocycles. The van der Waals surface area contributed by atoms with E-state index in [0.29, 0.717) is 35.1 Å². The Balaban J connectivity index is 1.13. The summed E-state index contributed by atoms with van der Waals surface area (Å²) in [6.45, 7) is 5.44. The molecule has 1 amide bonds. The van der Waals surface area contributed by atoms with Gasteiger partial charge in [0.05, 0.1) is 5.57 Å². The van der Waals surface area contributed by atoms with Gasteiger partial charge in [0.1, 0.15) is 42.1 Å². The first-order valence-corrected chi connectivity index (χ1v) is 13.9. The summed E-state index contributed by atoms with van der Waals surface area (Å²) in [7, 11) is 0. The zero-order valence-corrected chi connectivity index (χ0v) is 23.2. The van der Waals surface area contributed by atoms with E-state index in [1.807, 2.05) is 66.7 Å². The molecule has 0 fully saturated rings. The molecule has 0 aliphatic carbocycles. The van der Waals surface area contributed by atoms with Gasteiger partial charge in [-0.25, -0.2) is 0 Å². The average molecular weight is 555 g/mol. The quantitative estimate of drug-likeness (QED) is 0.219. The second-order valence-electron chi connectivity index (χ2n) is 9.26. The molecule has 0 aromatic heterocycles. The summed E-state index contributed by atoms with van der Waals surface area (Å²) in [6, 6.07) is 24.9. The summed E-state index contributed by atoms with van der Waals surface area (Å²) in [5, 5.41) is 15.3. The molecule has 0 bridgehead atoms. The van der Waals surface area contributed by atoms with Crippen molar-refractivity contribution in [2.75, 3.05) is 19.8 Å². The number of nitrogens with zero attached hydrogens (tertiary/aromatic N) is 3. The zero-order valence-electron chi connectivity index (χ0n) is 22.4. The Kier molecular flexibility index (Phi) is 8.61. The van der Waals surface area contributed by atoms with Crippen LogP contribution in [0.3, 0.4) is 0 Å². The van der Waals surface area contributed by atoms with Gasteiger partial charge < -0.3 is 14.2 Å². The minimum atomic E-state index is -0.473. The summed E-state index contributed by atoms with van der Waals surface area (Å²) in [6.07, 6.45) is 2.75. The van der Waals surface area contributed by atoms with E-state index in [-0.39, 0.29) is 18.0 Å². The van der Waals surface area contributed by atoms with Crippen LogP contribution in [0.2, 0.25) is 0 Å². The molecule has 204 valence electrons. The molecule has 3 aromatic rings. The number of nitrogens with one attached hydrogen (secondary N) is 1. The topological polar surface area (TPSA) is 96.6 Å². The standard InChI is InChI=1S/C31H30N4O4S/c1-3-21(2)23-11-15-26(16-12-23)38-18-17-37-25-13-9-22(10-14-25)19-27-29(32)35-31(33-30(27)36)40-28(34-35)20-39-24-7-5-4-6-8-24/h4-16,19,21,32H,3,17-18,20H2,1-2H3/b27-19-,32-29?/t21-/m1/s1. The van der Waals surface area contributed by atoms with Crippen LogP contribution in [-0.2, 0) is 4.79 Å². The number of para-hydroxylation sites is 1. The number of benzene rings is 3. The number of thioether (sulfide) groups is 1. The van der Waals surface area contributed by atoms with Crippen molar-refractivity contribution in [1.29, 1.82) is 5.41 Å². The second kappa shape index (κ2) is 12.7. The number of ether oxygens (including phenoxy) is 3. The van der Waals surface area contributed by atoms with Gasteiger partial charge in [0, 0.05) is 0 Å². The molecule has 0 radical (unpaired) electrons. The van der Waals surface area contributed by atoms with Gasteiger partial charge in [0.25, 0.3) is 5.91 Å². The smallest absolute Gasteiger partial charge is 0.283 e. The normalized spacial score (nSPS) is 16.4. The fourth-order valence-corrected chi connectivity index (χ4v) is 4.82. The number of aliphatic imine (C=N–C) groups is 1. The van der Waals surface area contributed by atoms with E-state index in [2.05, 4.69) is 36.1 Å². The summed E-state index contributed by atoms with van der Waals surface area (Å²) in [5.41, 5.74) is 2.23. The molecule has 0 saturated heterocycles. The van der Waals surface area contributed by atoms with Crippen LogP contribution in [0.1, 0.15) is 37.3 Å². The highest BCUT2D eigenvalue weighted by molar-refractivity contribution is 8.27. The number of hydrogen-bond donors (Lipinski definition) is 1. The van der Waals surface area contributed by atoms with Crippen LogP contribution < -0.4 is 14.2 Å². The van der Waals surface area contributed by atoms with Gasteiger partial charge in [-0.2, -0.15) is 15.1 Å². The lowest BCUT2D eigenvalue weighted by Gasteiger charge is -2.20. The molecule has 2 heterocycles. The number of rotatable bonds is 11. The Bertz CT molecular complexity index is 1450. The number of amides is 1. The number of hydrazone groups is 1. The van der Waals surface area contributed by atoms with Crippen LogP contribution in [0, 0.1) is 5.41 Å². The van der Waals surface area contributed by atoms with Gasteiger partial charge in [0.15, 0.2) is 5.84 Å². The van der Waals surface area contributed by atoms with E-state index in [1.54, 1.807) is 6.08 Å². The zero-order chi connectivity index (χ0) is 27.9. The first-order chi connectivity index (χ1) is 19.5. The predicted molar refractivity (Wildman–Crippen MR) is 160 cm³/mol. The molecule has 0 unspecified atom stereocenters. The fourth-order valence-electron chi connectivity index (χ4n) is 4.03. The lowest BCUT2D eigenvalue weighted by molar-refractivity contribution is -0.114. The van der Waals surface area contributed by atoms with Crippen molar-refractivity contribution in [2.45, 2.75) is 26.2 Å². The van der Waals surface area contributed by atoms with Crippen molar-refractivity contribution in [3.8, 4) is 17.2 Å². The van der Waals surface area contributed by atoms with Crippen LogP contribution in [0.25, 0.3) is 6.08 Å². The lowest BCUT2D eigenvalue weighted by atomic mass is 9.99. The minimum Gasteiger partial charge on any atom is -0.490 e. The Morgan fingerprint density at radius 2 is 1.52 bits per heavy atom. The molecule has 8 nitrogen and oxygen atoms in total. The summed E-state index contributed by atoms with van der Waals surface area (Å²) in [5.74, 6) is 2.27. The van der Waals surface area contributed by atoms with E-state index in [9.17, 15) is 4.79 Å². The van der Waals surface area contributed by atoms with E-state index in [0.717, 1.165) is 23.5 Å². The van der Waals surface area contributed by atoms with Gasteiger partial charge in [-0.1, -0.05) is 56.3 Å². The highest BCUT2D eigenvalue weighted by atomic mass is 32.2. The Hall–Kier alpha value is -4.37. The van der Waals surface area contributed by atoms with Crippen LogP contribution in [-0.4, -0.2) is 46.8 Å². The van der Waals surface area contributed by atoms with Crippen LogP contribution in [0.5, 0.6) is 17.2 Å². The van der Waals surface area contributed by atoms with Crippen LogP contribution in [0.15, 0.2) is 94.5 Å². The lowest BCUT2D eigenvalue weighted by Crippen LogP contribution is -2.35. The largest absolute Gasteiger partial charge is 0.490 e. The summed E-state index contributed by atoms with van der Waals surface area (Å²) >= 11 is 1.23. The monoisotopic (exact) mass is 554 g/mol. The molecular formula is C31H30N4O4S. The third-order valence-electron chi connectivity index (χ3n) is 6.48. The molecule has 5 rings (SSSR count). The highest BCUT2D eigenvalue weighted by Gasteiger charge is 2.35. The molecule has 40 heavy (non-hydrogen) atoms. The van der Waals surface area contributed by atoms with Crippen molar-refractivity contribution < 1.29 is 19.0 Å². The number of hydrogen-bond acceptors (Lipinski definition) is 7. The van der Waals surface area contributed by atoms with Gasteiger partial charge in [-0.3, -0.25) is 10.2 Å². The minimum absolute atomic E-state index is 0.0214. The van der Waals surface area contributed by atoms with E-state index in [1.165, 1.54) is 22.3 Å². The molecule has 0 spiro atoms. The number of carbonyl (C=O) groups is 1. The van der Waals surface area contributed by atoms with E-state index >= 15 is 0 Å². The molecular weight excluding hydrogens is 524 g/mol. The molecule has 2 aliphatic heterocycles. The van der Waals surface area contributed by atoms with Crippen molar-refractivity contribution in [2.24, 2.45) is 10.1 Å².